The second kappa shape index (κ2) is 11.3. The number of rotatable bonds is 8. The van der Waals surface area contributed by atoms with Crippen molar-refractivity contribution in [2.45, 2.75) is 76.1 Å². The third-order valence-electron chi connectivity index (χ3n) is 8.73. The fourth-order valence-corrected chi connectivity index (χ4v) is 7.92. The molecule has 0 spiro atoms. The van der Waals surface area contributed by atoms with E-state index in [0.717, 1.165) is 29.7 Å². The lowest BCUT2D eigenvalue weighted by Gasteiger charge is -2.52. The molecule has 1 saturated carbocycles. The van der Waals surface area contributed by atoms with E-state index in [0.29, 0.717) is 22.9 Å². The number of nitrogens with zero attached hydrogens (tertiary/aromatic N) is 2. The number of likely N-dealkylation sites (tertiary alicyclic amines) is 1. The van der Waals surface area contributed by atoms with Crippen molar-refractivity contribution < 1.29 is 13.2 Å². The molecule has 4 atom stereocenters. The van der Waals surface area contributed by atoms with Crippen LogP contribution in [0.1, 0.15) is 75.7 Å². The maximum atomic E-state index is 14.9. The molecule has 3 aromatic rings. The number of aromatic nitrogens is 1. The van der Waals surface area contributed by atoms with Crippen LogP contribution in [0, 0.1) is 11.3 Å². The molecule has 1 aliphatic heterocycles. The van der Waals surface area contributed by atoms with Crippen molar-refractivity contribution in [2.75, 3.05) is 5.75 Å². The Hall–Kier alpha value is -2.41. The van der Waals surface area contributed by atoms with Crippen LogP contribution >= 0.6 is 23.2 Å². The van der Waals surface area contributed by atoms with E-state index in [9.17, 15) is 13.2 Å². The summed E-state index contributed by atoms with van der Waals surface area (Å²) >= 11 is 12.8. The van der Waals surface area contributed by atoms with Crippen molar-refractivity contribution >= 4 is 38.9 Å². The number of carbonyl (C=O) groups excluding carboxylic acids is 1. The molecule has 2 aliphatic rings. The minimum absolute atomic E-state index is 0.0256. The van der Waals surface area contributed by atoms with Gasteiger partial charge in [0.05, 0.1) is 22.0 Å². The Balaban J connectivity index is 1.70. The molecule has 0 bridgehead atoms. The van der Waals surface area contributed by atoms with Crippen molar-refractivity contribution in [1.82, 2.24) is 9.88 Å². The van der Waals surface area contributed by atoms with Crippen LogP contribution in [0.5, 0.6) is 0 Å². The smallest absolute Gasteiger partial charge is 0.229 e. The van der Waals surface area contributed by atoms with Gasteiger partial charge in [0.25, 0.3) is 0 Å². The molecule has 2 heterocycles. The first kappa shape index (κ1) is 30.1. The number of halogens is 2. The van der Waals surface area contributed by atoms with Crippen molar-refractivity contribution in [3.8, 4) is 0 Å². The minimum Gasteiger partial charge on any atom is -0.330 e. The van der Waals surface area contributed by atoms with Crippen LogP contribution in [0.4, 0.5) is 0 Å². The summed E-state index contributed by atoms with van der Waals surface area (Å²) in [4.78, 5) is 21.4. The van der Waals surface area contributed by atoms with Crippen LogP contribution in [0.15, 0.2) is 72.9 Å². The van der Waals surface area contributed by atoms with E-state index >= 15 is 0 Å². The predicted molar refractivity (Wildman–Crippen MR) is 166 cm³/mol. The Morgan fingerprint density at radius 2 is 1.68 bits per heavy atom. The van der Waals surface area contributed by atoms with Gasteiger partial charge in [0.1, 0.15) is 0 Å². The normalized spacial score (nSPS) is 24.3. The Morgan fingerprint density at radius 1 is 0.976 bits per heavy atom. The van der Waals surface area contributed by atoms with Gasteiger partial charge in [0.15, 0.2) is 9.84 Å². The number of carbonyl (C=O) groups is 1. The van der Waals surface area contributed by atoms with E-state index in [1.165, 1.54) is 0 Å². The monoisotopic (exact) mass is 612 g/mol. The number of sulfone groups is 1. The van der Waals surface area contributed by atoms with Gasteiger partial charge in [-0.25, -0.2) is 8.42 Å². The lowest BCUT2D eigenvalue weighted by molar-refractivity contribution is -0.154. The van der Waals surface area contributed by atoms with Crippen LogP contribution < -0.4 is 0 Å². The number of hydrogen-bond acceptors (Lipinski definition) is 4. The van der Waals surface area contributed by atoms with Crippen molar-refractivity contribution in [1.29, 1.82) is 0 Å². The summed E-state index contributed by atoms with van der Waals surface area (Å²) in [7, 11) is -3.52. The fourth-order valence-electron chi connectivity index (χ4n) is 6.21. The molecule has 0 radical (unpaired) electrons. The number of pyridine rings is 1. The van der Waals surface area contributed by atoms with Crippen LogP contribution in [-0.2, 0) is 21.1 Å². The summed E-state index contributed by atoms with van der Waals surface area (Å²) < 4.78 is 26.5. The number of piperidine rings is 1. The summed E-state index contributed by atoms with van der Waals surface area (Å²) in [6.07, 6.45) is 4.57. The molecule has 0 N–H and O–H groups in total. The van der Waals surface area contributed by atoms with Crippen molar-refractivity contribution in [2.24, 2.45) is 11.3 Å². The fraction of sp³-hybridized carbons (Fsp3) is 0.455. The van der Waals surface area contributed by atoms with Crippen molar-refractivity contribution in [3.05, 3.63) is 99.8 Å². The molecule has 5 rings (SSSR count). The van der Waals surface area contributed by atoms with E-state index in [1.54, 1.807) is 27.0 Å². The van der Waals surface area contributed by atoms with E-state index in [2.05, 4.69) is 11.1 Å². The van der Waals surface area contributed by atoms with Gasteiger partial charge in [-0.05, 0) is 93.5 Å². The van der Waals surface area contributed by atoms with Gasteiger partial charge in [-0.2, -0.15) is 0 Å². The zero-order valence-corrected chi connectivity index (χ0v) is 26.4. The maximum absolute atomic E-state index is 14.9. The average molecular weight is 614 g/mol. The first-order chi connectivity index (χ1) is 19.3. The van der Waals surface area contributed by atoms with Crippen LogP contribution in [-0.4, -0.2) is 40.8 Å². The molecule has 41 heavy (non-hydrogen) atoms. The standard InChI is InChI=1S/C33H38Cl2N2O3S/c1-32(2,3)41(39,40)21-29(22-11-12-22)37-30(23-13-15-25(34)16-14-23)28(24-8-7-9-26(35)18-24)20-33(4,31(37)38)19-27-10-5-6-17-36-27/h5-10,13-18,22,28-30H,11-12,19-21H2,1-4H3/t28-,29-,30-,33+/m1/s1. The van der Waals surface area contributed by atoms with E-state index < -0.39 is 26.0 Å². The highest BCUT2D eigenvalue weighted by atomic mass is 35.5. The largest absolute Gasteiger partial charge is 0.330 e. The Kier molecular flexibility index (Phi) is 8.32. The quantitative estimate of drug-likeness (QED) is 0.261. The first-order valence-corrected chi connectivity index (χ1v) is 16.7. The zero-order valence-electron chi connectivity index (χ0n) is 24.1. The Morgan fingerprint density at radius 3 is 2.27 bits per heavy atom. The molecule has 5 nitrogen and oxygen atoms in total. The summed E-state index contributed by atoms with van der Waals surface area (Å²) in [6, 6.07) is 20.4. The highest BCUT2D eigenvalue weighted by molar-refractivity contribution is 7.92. The molecule has 1 amide bonds. The molecule has 2 aromatic carbocycles. The number of hydrogen-bond donors (Lipinski definition) is 0. The SMILES string of the molecule is CC(C)(C)S(=O)(=O)C[C@H](C1CC1)N1C(=O)[C@@](C)(Cc2ccccn2)C[C@H](c2cccc(Cl)c2)[C@H]1c1ccc(Cl)cc1. The second-order valence-electron chi connectivity index (χ2n) is 12.9. The van der Waals surface area contributed by atoms with Crippen molar-refractivity contribution in [3.63, 3.8) is 0 Å². The first-order valence-electron chi connectivity index (χ1n) is 14.2. The molecule has 218 valence electrons. The van der Waals surface area contributed by atoms with Gasteiger partial charge in [-0.3, -0.25) is 9.78 Å². The van der Waals surface area contributed by atoms with Gasteiger partial charge in [0.2, 0.25) is 5.91 Å². The highest BCUT2D eigenvalue weighted by Gasteiger charge is 2.55. The van der Waals surface area contributed by atoms with E-state index in [4.69, 9.17) is 23.2 Å². The number of benzene rings is 2. The molecule has 0 unspecified atom stereocenters. The maximum Gasteiger partial charge on any atom is 0.229 e. The summed E-state index contributed by atoms with van der Waals surface area (Å²) in [5.41, 5.74) is 1.99. The molecule has 1 aromatic heterocycles. The Bertz CT molecular complexity index is 1500. The molecule has 1 aliphatic carbocycles. The third-order valence-corrected chi connectivity index (χ3v) is 11.9. The number of amides is 1. The van der Waals surface area contributed by atoms with E-state index in [1.807, 2.05) is 72.5 Å². The van der Waals surface area contributed by atoms with Gasteiger partial charge >= 0.3 is 0 Å². The second-order valence-corrected chi connectivity index (χ2v) is 16.6. The minimum atomic E-state index is -3.52. The lowest BCUT2D eigenvalue weighted by atomic mass is 9.66. The molecular formula is C33H38Cl2N2O3S. The van der Waals surface area contributed by atoms with Crippen LogP contribution in [0.2, 0.25) is 10.0 Å². The lowest BCUT2D eigenvalue weighted by Crippen LogP contribution is -2.59. The molecule has 1 saturated heterocycles. The van der Waals surface area contributed by atoms with Gasteiger partial charge in [-0.15, -0.1) is 0 Å². The Labute approximate surface area is 254 Å². The van der Waals surface area contributed by atoms with Crippen LogP contribution in [0.3, 0.4) is 0 Å². The van der Waals surface area contributed by atoms with Gasteiger partial charge < -0.3 is 4.90 Å². The zero-order chi connectivity index (χ0) is 29.6. The summed E-state index contributed by atoms with van der Waals surface area (Å²) in [5.74, 6) is -0.0933. The topological polar surface area (TPSA) is 67.3 Å². The third kappa shape index (κ3) is 6.35. The van der Waals surface area contributed by atoms with Gasteiger partial charge in [0, 0.05) is 40.3 Å². The van der Waals surface area contributed by atoms with Crippen LogP contribution in [0.25, 0.3) is 0 Å². The summed E-state index contributed by atoms with van der Waals surface area (Å²) in [6.45, 7) is 7.22. The summed E-state index contributed by atoms with van der Waals surface area (Å²) in [5, 5.41) is 1.23. The predicted octanol–water partition coefficient (Wildman–Crippen LogP) is 7.69. The average Bonchev–Trinajstić information content (AvgIpc) is 3.75. The van der Waals surface area contributed by atoms with E-state index in [-0.39, 0.29) is 29.5 Å². The highest BCUT2D eigenvalue weighted by Crippen LogP contribution is 2.54. The van der Waals surface area contributed by atoms with Gasteiger partial charge in [-0.1, -0.05) is 60.5 Å². The molecule has 8 heteroatoms. The molecule has 2 fully saturated rings. The molecular weight excluding hydrogens is 575 g/mol.